The molecular formula is C25H29N5O6. The van der Waals surface area contributed by atoms with E-state index in [0.717, 1.165) is 11.3 Å². The van der Waals surface area contributed by atoms with Crippen LogP contribution in [0.25, 0.3) is 11.3 Å². The van der Waals surface area contributed by atoms with E-state index in [4.69, 9.17) is 9.15 Å². The van der Waals surface area contributed by atoms with Crippen LogP contribution in [0.3, 0.4) is 0 Å². The van der Waals surface area contributed by atoms with Crippen LogP contribution in [0.2, 0.25) is 0 Å². The van der Waals surface area contributed by atoms with Crippen LogP contribution in [0.1, 0.15) is 16.2 Å². The molecule has 4 rings (SSSR count). The second-order valence-electron chi connectivity index (χ2n) is 8.29. The van der Waals surface area contributed by atoms with Crippen LogP contribution < -0.4 is 20.3 Å². The number of piperazine rings is 1. The van der Waals surface area contributed by atoms with Crippen LogP contribution in [-0.4, -0.2) is 78.4 Å². The molecule has 1 fully saturated rings. The number of phenolic OH excluding ortho intramolecular Hbond substituents is 2. The molecule has 4 N–H and O–H groups in total. The summed E-state index contributed by atoms with van der Waals surface area (Å²) in [7, 11) is 1.62. The second kappa shape index (κ2) is 10.9. The van der Waals surface area contributed by atoms with Gasteiger partial charge in [-0.2, -0.15) is 0 Å². The number of methoxy groups -OCH3 is 1. The molecule has 0 bridgehead atoms. The van der Waals surface area contributed by atoms with E-state index in [1.54, 1.807) is 25.1 Å². The van der Waals surface area contributed by atoms with E-state index in [1.165, 1.54) is 18.2 Å². The summed E-state index contributed by atoms with van der Waals surface area (Å²) in [5.41, 5.74) is 2.04. The third kappa shape index (κ3) is 5.62. The van der Waals surface area contributed by atoms with Gasteiger partial charge in [0, 0.05) is 63.5 Å². The molecule has 1 aliphatic rings. The number of nitrogens with one attached hydrogen (secondary N) is 2. The van der Waals surface area contributed by atoms with Gasteiger partial charge in [-0.3, -0.25) is 4.79 Å². The SMILES string of the molecule is COc1cc(N2CCN(C(=O)NCCNC(=O)c3ccc(O)c(O)c3)CC2)ccc1-c1cnc(C)o1. The van der Waals surface area contributed by atoms with Gasteiger partial charge in [0.05, 0.1) is 18.9 Å². The van der Waals surface area contributed by atoms with Crippen molar-refractivity contribution >= 4 is 17.6 Å². The molecule has 190 valence electrons. The number of oxazole rings is 1. The van der Waals surface area contributed by atoms with Gasteiger partial charge in [-0.25, -0.2) is 9.78 Å². The van der Waals surface area contributed by atoms with E-state index in [-0.39, 0.29) is 36.2 Å². The Kier molecular flexibility index (Phi) is 7.47. The lowest BCUT2D eigenvalue weighted by atomic mass is 10.1. The number of carbonyl (C=O) groups excluding carboxylic acids is 2. The van der Waals surface area contributed by atoms with Crippen LogP contribution >= 0.6 is 0 Å². The normalized spacial score (nSPS) is 13.4. The standard InChI is InChI=1S/C25H29N5O6/c1-16-28-15-23(36-16)19-5-4-18(14-22(19)35-2)29-9-11-30(12-10-29)25(34)27-8-7-26-24(33)17-3-6-20(31)21(32)13-17/h3-6,13-15,31-32H,7-12H2,1-2H3,(H,26,33)(H,27,34). The van der Waals surface area contributed by atoms with Gasteiger partial charge in [-0.05, 0) is 30.3 Å². The Hall–Kier alpha value is -4.41. The van der Waals surface area contributed by atoms with E-state index in [1.807, 2.05) is 18.2 Å². The van der Waals surface area contributed by atoms with Gasteiger partial charge in [-0.15, -0.1) is 0 Å². The molecule has 0 unspecified atom stereocenters. The number of benzene rings is 2. The number of amides is 3. The summed E-state index contributed by atoms with van der Waals surface area (Å²) < 4.78 is 11.2. The molecule has 11 nitrogen and oxygen atoms in total. The number of hydrogen-bond donors (Lipinski definition) is 4. The van der Waals surface area contributed by atoms with E-state index < -0.39 is 5.91 Å². The van der Waals surface area contributed by atoms with Gasteiger partial charge >= 0.3 is 6.03 Å². The van der Waals surface area contributed by atoms with Crippen LogP contribution in [-0.2, 0) is 0 Å². The molecule has 0 aliphatic carbocycles. The second-order valence-corrected chi connectivity index (χ2v) is 8.29. The van der Waals surface area contributed by atoms with Crippen molar-refractivity contribution < 1.29 is 29.0 Å². The van der Waals surface area contributed by atoms with E-state index in [9.17, 15) is 19.8 Å². The number of aromatic nitrogens is 1. The Morgan fingerprint density at radius 3 is 2.44 bits per heavy atom. The monoisotopic (exact) mass is 495 g/mol. The molecule has 0 spiro atoms. The van der Waals surface area contributed by atoms with Gasteiger partial charge in [-0.1, -0.05) is 0 Å². The van der Waals surface area contributed by atoms with Gasteiger partial charge in [0.1, 0.15) is 5.75 Å². The lowest BCUT2D eigenvalue weighted by Gasteiger charge is -2.36. The summed E-state index contributed by atoms with van der Waals surface area (Å²) >= 11 is 0. The number of aromatic hydroxyl groups is 2. The van der Waals surface area contributed by atoms with Crippen LogP contribution in [0.5, 0.6) is 17.2 Å². The van der Waals surface area contributed by atoms with Gasteiger partial charge in [0.25, 0.3) is 5.91 Å². The molecule has 2 heterocycles. The Morgan fingerprint density at radius 2 is 1.78 bits per heavy atom. The summed E-state index contributed by atoms with van der Waals surface area (Å²) in [4.78, 5) is 32.7. The van der Waals surface area contributed by atoms with Crippen LogP contribution in [0, 0.1) is 6.92 Å². The summed E-state index contributed by atoms with van der Waals surface area (Å²) in [6.07, 6.45) is 1.67. The zero-order valence-electron chi connectivity index (χ0n) is 20.2. The molecule has 3 aromatic rings. The van der Waals surface area contributed by atoms with Crippen molar-refractivity contribution in [3.05, 3.63) is 54.0 Å². The first-order valence-corrected chi connectivity index (χ1v) is 11.5. The average Bonchev–Trinajstić information content (AvgIpc) is 3.33. The van der Waals surface area contributed by atoms with Crippen molar-refractivity contribution in [3.63, 3.8) is 0 Å². The Bertz CT molecular complexity index is 1240. The molecule has 11 heteroatoms. The molecule has 1 aliphatic heterocycles. The van der Waals surface area contributed by atoms with Gasteiger partial charge < -0.3 is 39.8 Å². The number of aryl methyl sites for hydroxylation is 1. The summed E-state index contributed by atoms with van der Waals surface area (Å²) in [6.45, 7) is 4.71. The number of rotatable bonds is 7. The van der Waals surface area contributed by atoms with Crippen molar-refractivity contribution in [3.8, 4) is 28.6 Å². The largest absolute Gasteiger partial charge is 0.504 e. The maximum atomic E-state index is 12.5. The maximum absolute atomic E-state index is 12.5. The van der Waals surface area contributed by atoms with Crippen LogP contribution in [0.4, 0.5) is 10.5 Å². The average molecular weight is 496 g/mol. The molecule has 36 heavy (non-hydrogen) atoms. The zero-order chi connectivity index (χ0) is 25.7. The summed E-state index contributed by atoms with van der Waals surface area (Å²) in [6, 6.07) is 9.54. The fraction of sp³-hybridized carbons (Fsp3) is 0.320. The van der Waals surface area contributed by atoms with Crippen molar-refractivity contribution in [2.24, 2.45) is 0 Å². The molecule has 0 saturated carbocycles. The topological polar surface area (TPSA) is 140 Å². The Labute approximate surface area is 208 Å². The molecule has 0 atom stereocenters. The first kappa shape index (κ1) is 24.7. The zero-order valence-corrected chi connectivity index (χ0v) is 20.2. The van der Waals surface area contributed by atoms with Crippen LogP contribution in [0.15, 0.2) is 47.0 Å². The number of hydrogen-bond acceptors (Lipinski definition) is 8. The molecular weight excluding hydrogens is 466 g/mol. The Morgan fingerprint density at radius 1 is 1.03 bits per heavy atom. The smallest absolute Gasteiger partial charge is 0.317 e. The first-order chi connectivity index (χ1) is 17.4. The minimum atomic E-state index is -0.409. The van der Waals surface area contributed by atoms with Crippen molar-refractivity contribution in [2.45, 2.75) is 6.92 Å². The molecule has 0 radical (unpaired) electrons. The Balaban J connectivity index is 1.23. The minimum absolute atomic E-state index is 0.195. The van der Waals surface area contributed by atoms with Crippen molar-refractivity contribution in [1.82, 2.24) is 20.5 Å². The lowest BCUT2D eigenvalue weighted by Crippen LogP contribution is -2.52. The number of urea groups is 1. The van der Waals surface area contributed by atoms with E-state index in [0.29, 0.717) is 43.6 Å². The predicted octanol–water partition coefficient (Wildman–Crippen LogP) is 2.33. The first-order valence-electron chi connectivity index (χ1n) is 11.5. The molecule has 2 aromatic carbocycles. The number of phenols is 2. The van der Waals surface area contributed by atoms with Gasteiger partial charge in [0.2, 0.25) is 0 Å². The highest BCUT2D eigenvalue weighted by Crippen LogP contribution is 2.34. The van der Waals surface area contributed by atoms with Crippen molar-refractivity contribution in [1.29, 1.82) is 0 Å². The van der Waals surface area contributed by atoms with Gasteiger partial charge in [0.15, 0.2) is 23.1 Å². The maximum Gasteiger partial charge on any atom is 0.317 e. The van der Waals surface area contributed by atoms with Crippen molar-refractivity contribution in [2.75, 3.05) is 51.3 Å². The number of nitrogens with zero attached hydrogens (tertiary/aromatic N) is 3. The fourth-order valence-corrected chi connectivity index (χ4v) is 3.96. The highest BCUT2D eigenvalue weighted by atomic mass is 16.5. The molecule has 1 aromatic heterocycles. The lowest BCUT2D eigenvalue weighted by molar-refractivity contribution is 0.0953. The number of ether oxygens (including phenoxy) is 1. The molecule has 1 saturated heterocycles. The predicted molar refractivity (Wildman–Crippen MR) is 133 cm³/mol. The highest BCUT2D eigenvalue weighted by molar-refractivity contribution is 5.94. The van der Waals surface area contributed by atoms with E-state index in [2.05, 4.69) is 20.5 Å². The third-order valence-electron chi connectivity index (χ3n) is 5.93. The number of carbonyl (C=O) groups is 2. The quantitative estimate of drug-likeness (QED) is 0.289. The molecule has 3 amide bonds. The highest BCUT2D eigenvalue weighted by Gasteiger charge is 2.22. The van der Waals surface area contributed by atoms with E-state index >= 15 is 0 Å². The summed E-state index contributed by atoms with van der Waals surface area (Å²) in [5, 5.41) is 24.3. The third-order valence-corrected chi connectivity index (χ3v) is 5.93. The summed E-state index contributed by atoms with van der Waals surface area (Å²) in [5.74, 6) is 0.854. The fourth-order valence-electron chi connectivity index (χ4n) is 3.96. The number of anilines is 1. The minimum Gasteiger partial charge on any atom is -0.504 e.